The molecule has 0 radical (unpaired) electrons. The van der Waals surface area contributed by atoms with Gasteiger partial charge in [-0.3, -0.25) is 4.90 Å². The van der Waals surface area contributed by atoms with Crippen LogP contribution in [-0.2, 0) is 4.74 Å². The maximum Gasteiger partial charge on any atom is 0.170 e. The van der Waals surface area contributed by atoms with Crippen LogP contribution in [0.3, 0.4) is 0 Å². The van der Waals surface area contributed by atoms with Crippen molar-refractivity contribution in [3.05, 3.63) is 52.2 Å². The van der Waals surface area contributed by atoms with Crippen LogP contribution in [-0.4, -0.2) is 42.9 Å². The third-order valence-electron chi connectivity index (χ3n) is 4.21. The van der Waals surface area contributed by atoms with Crippen molar-refractivity contribution in [2.24, 2.45) is 0 Å². The van der Waals surface area contributed by atoms with Crippen LogP contribution in [0.25, 0.3) is 0 Å². The van der Waals surface area contributed by atoms with Crippen LogP contribution in [0.2, 0.25) is 0 Å². The van der Waals surface area contributed by atoms with E-state index < -0.39 is 0 Å². The highest BCUT2D eigenvalue weighted by Gasteiger charge is 2.23. The maximum absolute atomic E-state index is 5.49. The summed E-state index contributed by atoms with van der Waals surface area (Å²) in [5.74, 6) is 0. The number of thiophene rings is 1. The number of anilines is 1. The lowest BCUT2D eigenvalue weighted by Gasteiger charge is -2.34. The van der Waals surface area contributed by atoms with Gasteiger partial charge >= 0.3 is 0 Å². The molecule has 6 heteroatoms. The molecule has 0 saturated carbocycles. The van der Waals surface area contributed by atoms with Gasteiger partial charge in [0.15, 0.2) is 5.11 Å². The average molecular weight is 362 g/mol. The number of thiocarbonyl (C=S) groups is 1. The Balaban J connectivity index is 1.61. The molecule has 2 heterocycles. The Morgan fingerprint density at radius 2 is 2.04 bits per heavy atom. The number of nitrogens with zero attached hydrogens (tertiary/aromatic N) is 1. The second-order valence-electron chi connectivity index (χ2n) is 5.83. The zero-order valence-electron chi connectivity index (χ0n) is 13.8. The molecule has 1 aromatic heterocycles. The SMILES string of the molecule is Cc1ccccc1NC(=S)NC[C@H](c1cccs1)N1CCOCC1. The highest BCUT2D eigenvalue weighted by atomic mass is 32.1. The fourth-order valence-corrected chi connectivity index (χ4v) is 3.90. The number of ether oxygens (including phenoxy) is 1. The van der Waals surface area contributed by atoms with Gasteiger partial charge in [0, 0.05) is 30.2 Å². The van der Waals surface area contributed by atoms with Crippen molar-refractivity contribution in [3.8, 4) is 0 Å². The third kappa shape index (κ3) is 4.54. The summed E-state index contributed by atoms with van der Waals surface area (Å²) in [4.78, 5) is 3.83. The van der Waals surface area contributed by atoms with Crippen LogP contribution in [0, 0.1) is 6.92 Å². The Labute approximate surface area is 152 Å². The Hall–Kier alpha value is -1.47. The summed E-state index contributed by atoms with van der Waals surface area (Å²) in [5, 5.41) is 9.48. The van der Waals surface area contributed by atoms with E-state index in [0.29, 0.717) is 11.2 Å². The number of aryl methyl sites for hydroxylation is 1. The summed E-state index contributed by atoms with van der Waals surface area (Å²) in [7, 11) is 0. The van der Waals surface area contributed by atoms with Gasteiger partial charge in [-0.1, -0.05) is 24.3 Å². The van der Waals surface area contributed by atoms with Crippen molar-refractivity contribution in [1.82, 2.24) is 10.2 Å². The highest BCUT2D eigenvalue weighted by Crippen LogP contribution is 2.25. The number of hydrogen-bond acceptors (Lipinski definition) is 4. The lowest BCUT2D eigenvalue weighted by atomic mass is 10.2. The van der Waals surface area contributed by atoms with E-state index in [1.165, 1.54) is 10.4 Å². The van der Waals surface area contributed by atoms with E-state index in [-0.39, 0.29) is 0 Å². The molecule has 0 aliphatic carbocycles. The first-order valence-corrected chi connectivity index (χ1v) is 9.48. The van der Waals surface area contributed by atoms with Gasteiger partial charge in [0.05, 0.1) is 19.3 Å². The number of benzene rings is 1. The lowest BCUT2D eigenvalue weighted by Crippen LogP contribution is -2.44. The normalized spacial score (nSPS) is 16.5. The molecule has 0 unspecified atom stereocenters. The Morgan fingerprint density at radius 1 is 1.25 bits per heavy atom. The summed E-state index contributed by atoms with van der Waals surface area (Å²) >= 11 is 7.28. The first-order chi connectivity index (χ1) is 11.7. The van der Waals surface area contributed by atoms with E-state index in [1.807, 2.05) is 18.2 Å². The summed E-state index contributed by atoms with van der Waals surface area (Å²) < 4.78 is 5.49. The molecule has 3 rings (SSSR count). The largest absolute Gasteiger partial charge is 0.379 e. The van der Waals surface area contributed by atoms with E-state index in [2.05, 4.69) is 46.0 Å². The number of hydrogen-bond donors (Lipinski definition) is 2. The molecule has 0 spiro atoms. The molecule has 1 saturated heterocycles. The minimum Gasteiger partial charge on any atom is -0.379 e. The molecule has 1 atom stereocenters. The standard InChI is InChI=1S/C18H23N3OS2/c1-14-5-2-3-6-15(14)20-18(23)19-13-16(17-7-4-12-24-17)21-8-10-22-11-9-21/h2-7,12,16H,8-11,13H2,1H3,(H2,19,20,23)/t16-/m1/s1. The van der Waals surface area contributed by atoms with Gasteiger partial charge in [-0.05, 0) is 42.2 Å². The molecule has 0 amide bonds. The first-order valence-electron chi connectivity index (χ1n) is 8.20. The van der Waals surface area contributed by atoms with Crippen molar-refractivity contribution in [2.45, 2.75) is 13.0 Å². The monoisotopic (exact) mass is 361 g/mol. The van der Waals surface area contributed by atoms with Crippen LogP contribution >= 0.6 is 23.6 Å². The third-order valence-corrected chi connectivity index (χ3v) is 5.43. The minimum atomic E-state index is 0.325. The summed E-state index contributed by atoms with van der Waals surface area (Å²) in [5.41, 5.74) is 2.23. The van der Waals surface area contributed by atoms with Crippen molar-refractivity contribution in [2.75, 3.05) is 38.2 Å². The molecule has 1 aliphatic rings. The second kappa shape index (κ2) is 8.58. The first kappa shape index (κ1) is 17.4. The fraction of sp³-hybridized carbons (Fsp3) is 0.389. The molecule has 128 valence electrons. The zero-order chi connectivity index (χ0) is 16.8. The summed E-state index contributed by atoms with van der Waals surface area (Å²) in [6.45, 7) is 6.39. The summed E-state index contributed by atoms with van der Waals surface area (Å²) in [6.07, 6.45) is 0. The van der Waals surface area contributed by atoms with Gasteiger partial charge in [-0.25, -0.2) is 0 Å². The van der Waals surface area contributed by atoms with Crippen LogP contribution < -0.4 is 10.6 Å². The Bertz CT molecular complexity index is 654. The Kier molecular flexibility index (Phi) is 6.20. The van der Waals surface area contributed by atoms with Gasteiger partial charge < -0.3 is 15.4 Å². The van der Waals surface area contributed by atoms with E-state index >= 15 is 0 Å². The lowest BCUT2D eigenvalue weighted by molar-refractivity contribution is 0.0177. The predicted octanol–water partition coefficient (Wildman–Crippen LogP) is 3.42. The molecule has 0 bridgehead atoms. The molecule has 24 heavy (non-hydrogen) atoms. The van der Waals surface area contributed by atoms with Crippen LogP contribution in [0.15, 0.2) is 41.8 Å². The second-order valence-corrected chi connectivity index (χ2v) is 7.22. The number of rotatable bonds is 5. The molecule has 1 aromatic carbocycles. The van der Waals surface area contributed by atoms with E-state index in [0.717, 1.165) is 38.5 Å². The van der Waals surface area contributed by atoms with Gasteiger partial charge in [-0.15, -0.1) is 11.3 Å². The van der Waals surface area contributed by atoms with Gasteiger partial charge in [0.1, 0.15) is 0 Å². The molecule has 2 aromatic rings. The zero-order valence-corrected chi connectivity index (χ0v) is 15.5. The highest BCUT2D eigenvalue weighted by molar-refractivity contribution is 7.80. The fourth-order valence-electron chi connectivity index (χ4n) is 2.85. The molecule has 1 aliphatic heterocycles. The van der Waals surface area contributed by atoms with Gasteiger partial charge in [-0.2, -0.15) is 0 Å². The smallest absolute Gasteiger partial charge is 0.170 e. The van der Waals surface area contributed by atoms with Crippen molar-refractivity contribution >= 4 is 34.4 Å². The van der Waals surface area contributed by atoms with E-state index in [1.54, 1.807) is 11.3 Å². The maximum atomic E-state index is 5.49. The molecular weight excluding hydrogens is 338 g/mol. The topological polar surface area (TPSA) is 36.5 Å². The average Bonchev–Trinajstić information content (AvgIpc) is 3.12. The quantitative estimate of drug-likeness (QED) is 0.798. The molecular formula is C18H23N3OS2. The predicted molar refractivity (Wildman–Crippen MR) is 105 cm³/mol. The van der Waals surface area contributed by atoms with Crippen LogP contribution in [0.1, 0.15) is 16.5 Å². The number of nitrogens with one attached hydrogen (secondary N) is 2. The number of morpholine rings is 1. The minimum absolute atomic E-state index is 0.325. The van der Waals surface area contributed by atoms with Crippen LogP contribution in [0.5, 0.6) is 0 Å². The van der Waals surface area contributed by atoms with Gasteiger partial charge in [0.25, 0.3) is 0 Å². The molecule has 1 fully saturated rings. The molecule has 2 N–H and O–H groups in total. The van der Waals surface area contributed by atoms with E-state index in [9.17, 15) is 0 Å². The molecule has 4 nitrogen and oxygen atoms in total. The van der Waals surface area contributed by atoms with E-state index in [4.69, 9.17) is 17.0 Å². The van der Waals surface area contributed by atoms with Crippen molar-refractivity contribution < 1.29 is 4.74 Å². The van der Waals surface area contributed by atoms with Gasteiger partial charge in [0.2, 0.25) is 0 Å². The van der Waals surface area contributed by atoms with Crippen molar-refractivity contribution in [1.29, 1.82) is 0 Å². The van der Waals surface area contributed by atoms with Crippen LogP contribution in [0.4, 0.5) is 5.69 Å². The van der Waals surface area contributed by atoms with Crippen molar-refractivity contribution in [3.63, 3.8) is 0 Å². The Morgan fingerprint density at radius 3 is 2.75 bits per heavy atom. The number of para-hydroxylation sites is 1. The summed E-state index contributed by atoms with van der Waals surface area (Å²) in [6, 6.07) is 12.8.